The predicted octanol–water partition coefficient (Wildman–Crippen LogP) is 4.26. The first-order valence-electron chi connectivity index (χ1n) is 10.3. The molecule has 0 aliphatic rings. The summed E-state index contributed by atoms with van der Waals surface area (Å²) in [5.74, 6) is 0.601. The fraction of sp³-hybridized carbons (Fsp3) is 0.261. The van der Waals surface area contributed by atoms with Crippen molar-refractivity contribution in [3.8, 4) is 11.6 Å². The predicted molar refractivity (Wildman–Crippen MR) is 120 cm³/mol. The molecule has 0 radical (unpaired) electrons. The molecule has 1 aromatic carbocycles. The van der Waals surface area contributed by atoms with Gasteiger partial charge in [0, 0.05) is 17.5 Å². The summed E-state index contributed by atoms with van der Waals surface area (Å²) in [4.78, 5) is 33.0. The number of aromatic nitrogens is 3. The van der Waals surface area contributed by atoms with E-state index in [1.54, 1.807) is 17.5 Å². The Morgan fingerprint density at radius 3 is 2.88 bits per heavy atom. The quantitative estimate of drug-likeness (QED) is 0.363. The maximum atomic E-state index is 12.4. The molecule has 10 heteroatoms. The molecule has 4 aromatic rings. The van der Waals surface area contributed by atoms with Gasteiger partial charge in [-0.05, 0) is 43.2 Å². The molecule has 0 bridgehead atoms. The Morgan fingerprint density at radius 1 is 1.18 bits per heavy atom. The maximum absolute atomic E-state index is 12.4. The van der Waals surface area contributed by atoms with E-state index < -0.39 is 5.97 Å². The summed E-state index contributed by atoms with van der Waals surface area (Å²) < 4.78 is 15.6. The third-order valence-corrected chi connectivity index (χ3v) is 5.61. The Kier molecular flexibility index (Phi) is 6.94. The van der Waals surface area contributed by atoms with Gasteiger partial charge in [0.05, 0.1) is 24.8 Å². The van der Waals surface area contributed by atoms with Crippen LogP contribution in [0.5, 0.6) is 0 Å². The van der Waals surface area contributed by atoms with E-state index in [0.29, 0.717) is 28.2 Å². The molecule has 3 aromatic heterocycles. The first-order valence-corrected chi connectivity index (χ1v) is 11.2. The highest BCUT2D eigenvalue weighted by Crippen LogP contribution is 2.19. The van der Waals surface area contributed by atoms with Gasteiger partial charge in [-0.1, -0.05) is 17.3 Å². The molecule has 0 unspecified atom stereocenters. The van der Waals surface area contributed by atoms with Crippen LogP contribution in [0.4, 0.5) is 5.69 Å². The highest BCUT2D eigenvalue weighted by Gasteiger charge is 2.14. The molecule has 1 N–H and O–H groups in total. The molecule has 0 saturated heterocycles. The lowest BCUT2D eigenvalue weighted by molar-refractivity contribution is -0.145. The zero-order valence-corrected chi connectivity index (χ0v) is 19.0. The number of rotatable bonds is 9. The summed E-state index contributed by atoms with van der Waals surface area (Å²) in [5, 5.41) is 9.17. The SMILES string of the molecule is Cc1ccc(C)c(NC(=O)Cc2nc(COC(=O)CCc3nc(-c4ccco4)no3)cs2)c1. The largest absolute Gasteiger partial charge is 0.461 e. The topological polar surface area (TPSA) is 120 Å². The summed E-state index contributed by atoms with van der Waals surface area (Å²) in [6.45, 7) is 3.96. The Hall–Kier alpha value is -3.79. The van der Waals surface area contributed by atoms with E-state index in [1.165, 1.54) is 17.6 Å². The average molecular weight is 467 g/mol. The standard InChI is InChI=1S/C23H22N4O5S/c1-14-5-6-15(2)17(10-14)25-19(28)11-21-24-16(13-33-21)12-31-22(29)8-7-20-26-23(27-32-20)18-4-3-9-30-18/h3-6,9-10,13H,7-8,11-12H2,1-2H3,(H,25,28). The van der Waals surface area contributed by atoms with Crippen molar-refractivity contribution in [2.24, 2.45) is 0 Å². The van der Waals surface area contributed by atoms with Crippen molar-refractivity contribution < 1.29 is 23.3 Å². The molecule has 1 amide bonds. The first kappa shape index (κ1) is 22.4. The minimum atomic E-state index is -0.407. The second-order valence-corrected chi connectivity index (χ2v) is 8.37. The fourth-order valence-corrected chi connectivity index (χ4v) is 3.77. The number of nitrogens with one attached hydrogen (secondary N) is 1. The number of anilines is 1. The highest BCUT2D eigenvalue weighted by molar-refractivity contribution is 7.09. The number of hydrogen-bond acceptors (Lipinski definition) is 9. The van der Waals surface area contributed by atoms with Gasteiger partial charge in [-0.3, -0.25) is 9.59 Å². The van der Waals surface area contributed by atoms with E-state index in [1.807, 2.05) is 32.0 Å². The van der Waals surface area contributed by atoms with Gasteiger partial charge in [0.2, 0.25) is 17.6 Å². The van der Waals surface area contributed by atoms with Crippen LogP contribution in [0.3, 0.4) is 0 Å². The van der Waals surface area contributed by atoms with Crippen molar-refractivity contribution in [1.29, 1.82) is 0 Å². The van der Waals surface area contributed by atoms with Gasteiger partial charge in [0.15, 0.2) is 5.76 Å². The van der Waals surface area contributed by atoms with E-state index in [4.69, 9.17) is 13.7 Å². The lowest BCUT2D eigenvalue weighted by atomic mass is 10.1. The van der Waals surface area contributed by atoms with Crippen LogP contribution < -0.4 is 5.32 Å². The molecule has 0 spiro atoms. The molecule has 33 heavy (non-hydrogen) atoms. The zero-order valence-electron chi connectivity index (χ0n) is 18.2. The Labute approximate surface area is 193 Å². The van der Waals surface area contributed by atoms with Crippen LogP contribution in [0.15, 0.2) is 50.9 Å². The molecule has 4 rings (SSSR count). The van der Waals surface area contributed by atoms with Crippen molar-refractivity contribution in [2.45, 2.75) is 39.7 Å². The smallest absolute Gasteiger partial charge is 0.306 e. The van der Waals surface area contributed by atoms with E-state index in [0.717, 1.165) is 16.8 Å². The van der Waals surface area contributed by atoms with Crippen LogP contribution in [0.1, 0.15) is 34.1 Å². The number of thiazole rings is 1. The Balaban J connectivity index is 1.21. The van der Waals surface area contributed by atoms with Crippen molar-refractivity contribution >= 4 is 28.9 Å². The maximum Gasteiger partial charge on any atom is 0.306 e. The van der Waals surface area contributed by atoms with Crippen molar-refractivity contribution in [2.75, 3.05) is 5.32 Å². The number of furan rings is 1. The van der Waals surface area contributed by atoms with Gasteiger partial charge < -0.3 is 19.0 Å². The van der Waals surface area contributed by atoms with Crippen LogP contribution in [-0.2, 0) is 33.8 Å². The van der Waals surface area contributed by atoms with E-state index in [-0.39, 0.29) is 31.8 Å². The molecule has 0 aliphatic heterocycles. The van der Waals surface area contributed by atoms with Crippen LogP contribution >= 0.6 is 11.3 Å². The minimum absolute atomic E-state index is 0.0371. The Bertz CT molecular complexity index is 1250. The molecular formula is C23H22N4O5S. The lowest BCUT2D eigenvalue weighted by Crippen LogP contribution is -2.15. The molecular weight excluding hydrogens is 444 g/mol. The van der Waals surface area contributed by atoms with Gasteiger partial charge in [0.1, 0.15) is 11.6 Å². The molecule has 0 saturated carbocycles. The van der Waals surface area contributed by atoms with Crippen LogP contribution in [-0.4, -0.2) is 27.0 Å². The van der Waals surface area contributed by atoms with Crippen LogP contribution in [0.25, 0.3) is 11.6 Å². The summed E-state index contributed by atoms with van der Waals surface area (Å²) in [5.41, 5.74) is 3.47. The monoisotopic (exact) mass is 466 g/mol. The van der Waals surface area contributed by atoms with E-state index in [2.05, 4.69) is 20.4 Å². The minimum Gasteiger partial charge on any atom is -0.461 e. The third-order valence-electron chi connectivity index (χ3n) is 4.71. The van der Waals surface area contributed by atoms with Crippen LogP contribution in [0.2, 0.25) is 0 Å². The number of benzene rings is 1. The second kappa shape index (κ2) is 10.2. The van der Waals surface area contributed by atoms with Gasteiger partial charge >= 0.3 is 5.97 Å². The van der Waals surface area contributed by atoms with Crippen LogP contribution in [0, 0.1) is 13.8 Å². The van der Waals surface area contributed by atoms with Gasteiger partial charge in [0.25, 0.3) is 0 Å². The molecule has 0 atom stereocenters. The number of hydrogen-bond donors (Lipinski definition) is 1. The van der Waals surface area contributed by atoms with Crippen molar-refractivity contribution in [3.05, 3.63) is 69.7 Å². The summed E-state index contributed by atoms with van der Waals surface area (Å²) in [7, 11) is 0. The van der Waals surface area contributed by atoms with E-state index >= 15 is 0 Å². The van der Waals surface area contributed by atoms with Gasteiger partial charge in [-0.15, -0.1) is 11.3 Å². The molecule has 0 fully saturated rings. The normalized spacial score (nSPS) is 10.8. The second-order valence-electron chi connectivity index (χ2n) is 7.43. The lowest BCUT2D eigenvalue weighted by Gasteiger charge is -2.08. The highest BCUT2D eigenvalue weighted by atomic mass is 32.1. The zero-order chi connectivity index (χ0) is 23.2. The first-order chi connectivity index (χ1) is 16.0. The number of carbonyl (C=O) groups is 2. The summed E-state index contributed by atoms with van der Waals surface area (Å²) >= 11 is 1.35. The van der Waals surface area contributed by atoms with Crippen molar-refractivity contribution in [3.63, 3.8) is 0 Å². The Morgan fingerprint density at radius 2 is 2.06 bits per heavy atom. The number of amides is 1. The fourth-order valence-electron chi connectivity index (χ4n) is 3.00. The summed E-state index contributed by atoms with van der Waals surface area (Å²) in [6, 6.07) is 9.35. The van der Waals surface area contributed by atoms with Gasteiger partial charge in [-0.25, -0.2) is 4.98 Å². The van der Waals surface area contributed by atoms with Gasteiger partial charge in [-0.2, -0.15) is 4.98 Å². The number of esters is 1. The average Bonchev–Trinajstić information content (AvgIpc) is 3.55. The number of nitrogens with zero attached hydrogens (tertiary/aromatic N) is 3. The number of ether oxygens (including phenoxy) is 1. The molecule has 3 heterocycles. The van der Waals surface area contributed by atoms with E-state index in [9.17, 15) is 9.59 Å². The number of carbonyl (C=O) groups excluding carboxylic acids is 2. The molecule has 9 nitrogen and oxygen atoms in total. The number of aryl methyl sites for hydroxylation is 3. The molecule has 0 aliphatic carbocycles. The van der Waals surface area contributed by atoms with Crippen molar-refractivity contribution in [1.82, 2.24) is 15.1 Å². The summed E-state index contributed by atoms with van der Waals surface area (Å²) in [6.07, 6.45) is 2.02. The molecule has 170 valence electrons. The third kappa shape index (κ3) is 6.13.